The Labute approximate surface area is 92.1 Å². The van der Waals surface area contributed by atoms with Crippen molar-refractivity contribution in [3.63, 3.8) is 0 Å². The number of rotatable bonds is 3. The van der Waals surface area contributed by atoms with E-state index in [1.165, 1.54) is 11.1 Å². The van der Waals surface area contributed by atoms with E-state index in [-0.39, 0.29) is 6.04 Å². The summed E-state index contributed by atoms with van der Waals surface area (Å²) in [6.45, 7) is 6.59. The SMILES string of the molecule is CCN(CC)C1Cc2ccccc2C1N. The average Bonchev–Trinajstić information content (AvgIpc) is 2.60. The molecule has 1 aliphatic rings. The molecule has 0 spiro atoms. The summed E-state index contributed by atoms with van der Waals surface area (Å²) in [5.41, 5.74) is 9.08. The van der Waals surface area contributed by atoms with E-state index >= 15 is 0 Å². The minimum absolute atomic E-state index is 0.195. The molecule has 0 bridgehead atoms. The van der Waals surface area contributed by atoms with Gasteiger partial charge in [-0.2, -0.15) is 0 Å². The Morgan fingerprint density at radius 3 is 2.53 bits per heavy atom. The van der Waals surface area contributed by atoms with Gasteiger partial charge < -0.3 is 5.73 Å². The van der Waals surface area contributed by atoms with Crippen molar-refractivity contribution in [1.29, 1.82) is 0 Å². The standard InChI is InChI=1S/C13H20N2/c1-3-15(4-2)12-9-10-7-5-6-8-11(10)13(12)14/h5-8,12-13H,3-4,9,14H2,1-2H3. The van der Waals surface area contributed by atoms with Crippen LogP contribution in [0.4, 0.5) is 0 Å². The molecule has 1 aromatic carbocycles. The second kappa shape index (κ2) is 4.33. The van der Waals surface area contributed by atoms with Crippen molar-refractivity contribution in [1.82, 2.24) is 4.90 Å². The Balaban J connectivity index is 2.22. The van der Waals surface area contributed by atoms with Gasteiger partial charge in [0.2, 0.25) is 0 Å². The van der Waals surface area contributed by atoms with E-state index in [0.717, 1.165) is 19.5 Å². The van der Waals surface area contributed by atoms with Gasteiger partial charge in [-0.15, -0.1) is 0 Å². The highest BCUT2D eigenvalue weighted by atomic mass is 15.2. The van der Waals surface area contributed by atoms with E-state index < -0.39 is 0 Å². The first kappa shape index (κ1) is 10.7. The predicted molar refractivity (Wildman–Crippen MR) is 63.8 cm³/mol. The summed E-state index contributed by atoms with van der Waals surface area (Å²) in [6, 6.07) is 9.26. The maximum absolute atomic E-state index is 6.30. The third-order valence-corrected chi connectivity index (χ3v) is 3.54. The van der Waals surface area contributed by atoms with Crippen LogP contribution in [0.3, 0.4) is 0 Å². The molecule has 2 heteroatoms. The average molecular weight is 204 g/mol. The Morgan fingerprint density at radius 1 is 1.27 bits per heavy atom. The molecule has 2 nitrogen and oxygen atoms in total. The fourth-order valence-electron chi connectivity index (χ4n) is 2.65. The van der Waals surface area contributed by atoms with Crippen molar-refractivity contribution in [2.24, 2.45) is 5.73 Å². The highest BCUT2D eigenvalue weighted by Gasteiger charge is 2.32. The molecule has 2 unspecified atom stereocenters. The summed E-state index contributed by atoms with van der Waals surface area (Å²) in [7, 11) is 0. The maximum Gasteiger partial charge on any atom is 0.0459 e. The molecular formula is C13H20N2. The second-order valence-electron chi connectivity index (χ2n) is 4.22. The lowest BCUT2D eigenvalue weighted by Gasteiger charge is -2.29. The zero-order valence-electron chi connectivity index (χ0n) is 9.61. The second-order valence-corrected chi connectivity index (χ2v) is 4.22. The van der Waals surface area contributed by atoms with Crippen molar-refractivity contribution >= 4 is 0 Å². The molecule has 0 aliphatic heterocycles. The molecule has 2 rings (SSSR count). The number of hydrogen-bond acceptors (Lipinski definition) is 2. The first-order valence-electron chi connectivity index (χ1n) is 5.85. The lowest BCUT2D eigenvalue weighted by molar-refractivity contribution is 0.199. The van der Waals surface area contributed by atoms with Crippen LogP contribution in [0.1, 0.15) is 31.0 Å². The Hall–Kier alpha value is -0.860. The maximum atomic E-state index is 6.30. The lowest BCUT2D eigenvalue weighted by atomic mass is 10.1. The molecular weight excluding hydrogens is 184 g/mol. The first-order valence-corrected chi connectivity index (χ1v) is 5.85. The normalized spacial score (nSPS) is 24.5. The molecule has 1 aliphatic carbocycles. The highest BCUT2D eigenvalue weighted by molar-refractivity contribution is 5.36. The van der Waals surface area contributed by atoms with Gasteiger partial charge in [-0.25, -0.2) is 0 Å². The van der Waals surface area contributed by atoms with Gasteiger partial charge in [-0.3, -0.25) is 4.90 Å². The van der Waals surface area contributed by atoms with Crippen LogP contribution in [-0.2, 0) is 6.42 Å². The molecule has 0 fully saturated rings. The topological polar surface area (TPSA) is 29.3 Å². The van der Waals surface area contributed by atoms with Crippen LogP contribution in [0, 0.1) is 0 Å². The number of hydrogen-bond donors (Lipinski definition) is 1. The highest BCUT2D eigenvalue weighted by Crippen LogP contribution is 2.32. The van der Waals surface area contributed by atoms with Crippen molar-refractivity contribution in [3.8, 4) is 0 Å². The number of benzene rings is 1. The van der Waals surface area contributed by atoms with Gasteiger partial charge in [0.1, 0.15) is 0 Å². The molecule has 2 N–H and O–H groups in total. The van der Waals surface area contributed by atoms with Crippen LogP contribution in [0.2, 0.25) is 0 Å². The Kier molecular flexibility index (Phi) is 3.08. The summed E-state index contributed by atoms with van der Waals surface area (Å²) in [6.07, 6.45) is 1.11. The zero-order valence-corrected chi connectivity index (χ0v) is 9.61. The number of nitrogens with two attached hydrogens (primary N) is 1. The molecule has 0 aromatic heterocycles. The quantitative estimate of drug-likeness (QED) is 0.815. The zero-order chi connectivity index (χ0) is 10.8. The molecule has 82 valence electrons. The van der Waals surface area contributed by atoms with E-state index in [1.54, 1.807) is 0 Å². The minimum atomic E-state index is 0.195. The molecule has 0 saturated heterocycles. The first-order chi connectivity index (χ1) is 7.27. The van der Waals surface area contributed by atoms with Gasteiger partial charge in [-0.05, 0) is 30.6 Å². The minimum Gasteiger partial charge on any atom is -0.323 e. The van der Waals surface area contributed by atoms with Gasteiger partial charge in [-0.1, -0.05) is 38.1 Å². The van der Waals surface area contributed by atoms with Crippen LogP contribution in [0.25, 0.3) is 0 Å². The van der Waals surface area contributed by atoms with Crippen LogP contribution in [0.5, 0.6) is 0 Å². The molecule has 15 heavy (non-hydrogen) atoms. The summed E-state index contributed by atoms with van der Waals surface area (Å²) >= 11 is 0. The number of nitrogens with zero attached hydrogens (tertiary/aromatic N) is 1. The fraction of sp³-hybridized carbons (Fsp3) is 0.538. The lowest BCUT2D eigenvalue weighted by Crippen LogP contribution is -2.40. The molecule has 0 heterocycles. The smallest absolute Gasteiger partial charge is 0.0459 e. The molecule has 1 aromatic rings. The largest absolute Gasteiger partial charge is 0.323 e. The summed E-state index contributed by atoms with van der Waals surface area (Å²) < 4.78 is 0. The van der Waals surface area contributed by atoms with Gasteiger partial charge >= 0.3 is 0 Å². The monoisotopic (exact) mass is 204 g/mol. The number of likely N-dealkylation sites (N-methyl/N-ethyl adjacent to an activating group) is 1. The predicted octanol–water partition coefficient (Wildman–Crippen LogP) is 1.95. The van der Waals surface area contributed by atoms with Crippen molar-refractivity contribution in [2.75, 3.05) is 13.1 Å². The Bertz CT molecular complexity index is 331. The van der Waals surface area contributed by atoms with Gasteiger partial charge in [0.15, 0.2) is 0 Å². The van der Waals surface area contributed by atoms with E-state index in [4.69, 9.17) is 5.73 Å². The third-order valence-electron chi connectivity index (χ3n) is 3.54. The van der Waals surface area contributed by atoms with E-state index in [2.05, 4.69) is 43.0 Å². The van der Waals surface area contributed by atoms with E-state index in [0.29, 0.717) is 6.04 Å². The fourth-order valence-corrected chi connectivity index (χ4v) is 2.65. The third kappa shape index (κ3) is 1.80. The summed E-state index contributed by atoms with van der Waals surface area (Å²) in [4.78, 5) is 2.46. The summed E-state index contributed by atoms with van der Waals surface area (Å²) in [5.74, 6) is 0. The van der Waals surface area contributed by atoms with Gasteiger partial charge in [0, 0.05) is 12.1 Å². The molecule has 0 radical (unpaired) electrons. The van der Waals surface area contributed by atoms with Crippen LogP contribution in [0.15, 0.2) is 24.3 Å². The Morgan fingerprint density at radius 2 is 1.93 bits per heavy atom. The van der Waals surface area contributed by atoms with Gasteiger partial charge in [0.05, 0.1) is 0 Å². The van der Waals surface area contributed by atoms with Crippen LogP contribution < -0.4 is 5.73 Å². The van der Waals surface area contributed by atoms with Gasteiger partial charge in [0.25, 0.3) is 0 Å². The van der Waals surface area contributed by atoms with E-state index in [9.17, 15) is 0 Å². The van der Waals surface area contributed by atoms with E-state index in [1.807, 2.05) is 0 Å². The van der Waals surface area contributed by atoms with Crippen molar-refractivity contribution in [3.05, 3.63) is 35.4 Å². The number of fused-ring (bicyclic) bond motifs is 1. The van der Waals surface area contributed by atoms with Crippen molar-refractivity contribution in [2.45, 2.75) is 32.4 Å². The van der Waals surface area contributed by atoms with Crippen LogP contribution in [-0.4, -0.2) is 24.0 Å². The molecule has 0 amide bonds. The van der Waals surface area contributed by atoms with Crippen molar-refractivity contribution < 1.29 is 0 Å². The van der Waals surface area contributed by atoms with Crippen LogP contribution >= 0.6 is 0 Å². The molecule has 2 atom stereocenters. The molecule has 0 saturated carbocycles. The summed E-state index contributed by atoms with van der Waals surface area (Å²) in [5, 5.41) is 0.